The molecule has 6 nitrogen and oxygen atoms in total. The van der Waals surface area contributed by atoms with Crippen molar-refractivity contribution < 1.29 is 26.3 Å². The molecule has 0 saturated heterocycles. The van der Waals surface area contributed by atoms with Gasteiger partial charge in [-0.15, -0.1) is 0 Å². The third kappa shape index (κ3) is 5.05. The first-order chi connectivity index (χ1) is 13.2. The molecule has 0 spiro atoms. The number of alkyl halides is 2. The molecule has 1 saturated carbocycles. The summed E-state index contributed by atoms with van der Waals surface area (Å²) in [5.74, 6) is -4.54. The van der Waals surface area contributed by atoms with E-state index in [1.54, 1.807) is 24.5 Å². The van der Waals surface area contributed by atoms with E-state index in [1.807, 2.05) is 0 Å². The van der Waals surface area contributed by atoms with Gasteiger partial charge in [-0.05, 0) is 31.5 Å². The number of nitrogens with one attached hydrogen (secondary N) is 1. The number of benzene rings is 1. The minimum Gasteiger partial charge on any atom is -0.490 e. The van der Waals surface area contributed by atoms with Gasteiger partial charge in [0, 0.05) is 43.3 Å². The molecule has 1 N–H and O–H groups in total. The Morgan fingerprint density at radius 1 is 1.39 bits per heavy atom. The van der Waals surface area contributed by atoms with E-state index in [2.05, 4.69) is 9.82 Å². The van der Waals surface area contributed by atoms with Crippen molar-refractivity contribution >= 4 is 10.0 Å². The van der Waals surface area contributed by atoms with Crippen LogP contribution in [0.2, 0.25) is 0 Å². The summed E-state index contributed by atoms with van der Waals surface area (Å²) < 4.78 is 75.1. The lowest BCUT2D eigenvalue weighted by atomic mass is 9.83. The summed E-state index contributed by atoms with van der Waals surface area (Å²) in [6, 6.07) is 5.26. The van der Waals surface area contributed by atoms with Crippen LogP contribution in [0.3, 0.4) is 0 Å². The lowest BCUT2D eigenvalue weighted by Crippen LogP contribution is -2.48. The average molecular weight is 417 g/mol. The number of aromatic nitrogens is 2. The second-order valence-electron chi connectivity index (χ2n) is 6.86. The maximum Gasteiger partial charge on any atom is 0.248 e. The van der Waals surface area contributed by atoms with Gasteiger partial charge in [0.05, 0.1) is 18.0 Å². The van der Waals surface area contributed by atoms with E-state index in [0.29, 0.717) is 5.69 Å². The SMILES string of the molecule is CCS(=O)(=O)N[C@H]1CCC(F)(F)C[C@H]1COc1ccc(-n2cccn2)cc1F. The Morgan fingerprint density at radius 2 is 2.18 bits per heavy atom. The van der Waals surface area contributed by atoms with Crippen LogP contribution < -0.4 is 9.46 Å². The third-order valence-corrected chi connectivity index (χ3v) is 6.22. The molecule has 10 heteroatoms. The second kappa shape index (κ2) is 8.12. The van der Waals surface area contributed by atoms with E-state index < -0.39 is 46.6 Å². The maximum atomic E-state index is 14.3. The van der Waals surface area contributed by atoms with Crippen LogP contribution in [0, 0.1) is 11.7 Å². The molecule has 0 radical (unpaired) electrons. The van der Waals surface area contributed by atoms with Crippen LogP contribution in [-0.2, 0) is 10.0 Å². The van der Waals surface area contributed by atoms with Gasteiger partial charge >= 0.3 is 0 Å². The lowest BCUT2D eigenvalue weighted by molar-refractivity contribution is -0.0662. The summed E-state index contributed by atoms with van der Waals surface area (Å²) >= 11 is 0. The summed E-state index contributed by atoms with van der Waals surface area (Å²) in [6.07, 6.45) is 2.30. The van der Waals surface area contributed by atoms with Crippen molar-refractivity contribution in [2.75, 3.05) is 12.4 Å². The summed E-state index contributed by atoms with van der Waals surface area (Å²) in [4.78, 5) is 0. The fourth-order valence-corrected chi connectivity index (χ4v) is 4.18. The van der Waals surface area contributed by atoms with Crippen molar-refractivity contribution in [3.63, 3.8) is 0 Å². The Morgan fingerprint density at radius 3 is 2.82 bits per heavy atom. The molecule has 1 heterocycles. The predicted octanol–water partition coefficient (Wildman–Crippen LogP) is 3.13. The van der Waals surface area contributed by atoms with Crippen molar-refractivity contribution in [3.05, 3.63) is 42.5 Å². The monoisotopic (exact) mass is 417 g/mol. The molecule has 3 rings (SSSR count). The van der Waals surface area contributed by atoms with Crippen LogP contribution in [0.5, 0.6) is 5.75 Å². The highest BCUT2D eigenvalue weighted by Crippen LogP contribution is 2.37. The zero-order valence-corrected chi connectivity index (χ0v) is 16.1. The van der Waals surface area contributed by atoms with Crippen molar-refractivity contribution in [3.8, 4) is 11.4 Å². The third-order valence-electron chi connectivity index (χ3n) is 4.80. The number of nitrogens with zero attached hydrogens (tertiary/aromatic N) is 2. The molecule has 154 valence electrons. The minimum atomic E-state index is -3.55. The zero-order valence-electron chi connectivity index (χ0n) is 15.3. The highest BCUT2D eigenvalue weighted by molar-refractivity contribution is 7.89. The molecule has 1 fully saturated rings. The average Bonchev–Trinajstić information content (AvgIpc) is 3.17. The molecule has 1 aliphatic rings. The fourth-order valence-electron chi connectivity index (χ4n) is 3.24. The van der Waals surface area contributed by atoms with E-state index in [4.69, 9.17) is 4.74 Å². The van der Waals surface area contributed by atoms with Gasteiger partial charge in [0.2, 0.25) is 15.9 Å². The van der Waals surface area contributed by atoms with Crippen LogP contribution in [0.25, 0.3) is 5.69 Å². The second-order valence-corrected chi connectivity index (χ2v) is 8.91. The summed E-state index contributed by atoms with van der Waals surface area (Å²) in [6.45, 7) is 1.26. The number of halogens is 3. The van der Waals surface area contributed by atoms with Gasteiger partial charge in [0.15, 0.2) is 11.6 Å². The van der Waals surface area contributed by atoms with Gasteiger partial charge in [-0.3, -0.25) is 0 Å². The van der Waals surface area contributed by atoms with E-state index >= 15 is 0 Å². The van der Waals surface area contributed by atoms with Gasteiger partial charge in [-0.2, -0.15) is 5.10 Å². The molecule has 2 atom stereocenters. The van der Waals surface area contributed by atoms with Crippen molar-refractivity contribution in [1.29, 1.82) is 0 Å². The molecule has 0 bridgehead atoms. The first-order valence-corrected chi connectivity index (χ1v) is 10.6. The van der Waals surface area contributed by atoms with Crippen molar-refractivity contribution in [2.45, 2.75) is 38.2 Å². The molecule has 0 aliphatic heterocycles. The highest BCUT2D eigenvalue weighted by Gasteiger charge is 2.42. The largest absolute Gasteiger partial charge is 0.490 e. The van der Waals surface area contributed by atoms with Gasteiger partial charge in [0.1, 0.15) is 0 Å². The van der Waals surface area contributed by atoms with Crippen LogP contribution in [0.15, 0.2) is 36.7 Å². The van der Waals surface area contributed by atoms with Crippen LogP contribution in [0.4, 0.5) is 13.2 Å². The zero-order chi connectivity index (χ0) is 20.4. The lowest BCUT2D eigenvalue weighted by Gasteiger charge is -2.36. The van der Waals surface area contributed by atoms with Crippen molar-refractivity contribution in [2.24, 2.45) is 5.92 Å². The molecule has 28 heavy (non-hydrogen) atoms. The molecule has 1 aromatic heterocycles. The fraction of sp³-hybridized carbons (Fsp3) is 0.500. The molecular formula is C18H22F3N3O3S. The quantitative estimate of drug-likeness (QED) is 0.751. The standard InChI is InChI=1S/C18H22F3N3O3S/c1-2-28(25,26)23-16-6-7-18(20,21)11-13(16)12-27-17-5-4-14(10-15(17)19)24-9-3-8-22-24/h3-5,8-10,13,16,23H,2,6-7,11-12H2,1H3/t13-,16-/m0/s1. The number of rotatable bonds is 7. The summed E-state index contributed by atoms with van der Waals surface area (Å²) in [5.41, 5.74) is 0.493. The van der Waals surface area contributed by atoms with Gasteiger partial charge in [0.25, 0.3) is 0 Å². The van der Waals surface area contributed by atoms with Gasteiger partial charge in [-0.25, -0.2) is 31.0 Å². The Labute approximate surface area is 161 Å². The summed E-state index contributed by atoms with van der Waals surface area (Å²) in [7, 11) is -3.55. The van der Waals surface area contributed by atoms with Gasteiger partial charge in [-0.1, -0.05) is 0 Å². The summed E-state index contributed by atoms with van der Waals surface area (Å²) in [5, 5.41) is 4.01. The smallest absolute Gasteiger partial charge is 0.248 e. The van der Waals surface area contributed by atoms with Crippen LogP contribution in [0.1, 0.15) is 26.2 Å². The molecule has 1 aliphatic carbocycles. The number of hydrogen-bond donors (Lipinski definition) is 1. The molecule has 2 aromatic rings. The Kier molecular flexibility index (Phi) is 5.99. The molecular weight excluding hydrogens is 395 g/mol. The predicted molar refractivity (Wildman–Crippen MR) is 97.7 cm³/mol. The molecule has 1 aromatic carbocycles. The Hall–Kier alpha value is -2.07. The maximum absolute atomic E-state index is 14.3. The topological polar surface area (TPSA) is 73.2 Å². The number of sulfonamides is 1. The Balaban J connectivity index is 1.71. The van der Waals surface area contributed by atoms with Crippen LogP contribution in [-0.4, -0.2) is 42.5 Å². The molecule has 0 unspecified atom stereocenters. The first-order valence-electron chi connectivity index (χ1n) is 8.99. The first kappa shape index (κ1) is 20.7. The Bertz CT molecular complexity index is 904. The van der Waals surface area contributed by atoms with E-state index in [1.165, 1.54) is 23.7 Å². The van der Waals surface area contributed by atoms with Gasteiger partial charge < -0.3 is 4.74 Å². The van der Waals surface area contributed by atoms with Crippen molar-refractivity contribution in [1.82, 2.24) is 14.5 Å². The van der Waals surface area contributed by atoms with E-state index in [0.717, 1.165) is 0 Å². The van der Waals surface area contributed by atoms with Crippen LogP contribution >= 0.6 is 0 Å². The molecule has 0 amide bonds. The minimum absolute atomic E-state index is 0.000968. The van der Waals surface area contributed by atoms with E-state index in [9.17, 15) is 21.6 Å². The van der Waals surface area contributed by atoms with E-state index in [-0.39, 0.29) is 24.5 Å². The normalized spacial score (nSPS) is 22.1. The number of hydrogen-bond acceptors (Lipinski definition) is 4. The highest BCUT2D eigenvalue weighted by atomic mass is 32.2. The number of ether oxygens (including phenoxy) is 1.